The Balaban J connectivity index is 0.00000272. The number of benzene rings is 1. The SMILES string of the molecule is CCN(CCCCCC(=O)O)c1ccc2cc(-c3[c-]cc(S(=O)(=O)[O-])s3)c(=O)oc2c1.[Na+].[Na+]. The Labute approximate surface area is 240 Å². The number of unbranched alkanes of at least 4 members (excludes halogenated alkanes) is 2. The molecule has 12 heteroatoms. The van der Waals surface area contributed by atoms with Gasteiger partial charge in [0.1, 0.15) is 5.58 Å². The second-order valence-electron chi connectivity index (χ2n) is 6.95. The van der Waals surface area contributed by atoms with Crippen LogP contribution in [0.5, 0.6) is 0 Å². The van der Waals surface area contributed by atoms with E-state index in [-0.39, 0.29) is 76.0 Å². The average molecular weight is 510 g/mol. The molecule has 2 heterocycles. The number of carboxylic acid groups (broad SMARTS) is 1. The van der Waals surface area contributed by atoms with Crippen molar-refractivity contribution in [3.05, 3.63) is 46.8 Å². The molecule has 0 spiro atoms. The van der Waals surface area contributed by atoms with Gasteiger partial charge >= 0.3 is 65.1 Å². The molecule has 3 aromatic rings. The van der Waals surface area contributed by atoms with Gasteiger partial charge in [0.2, 0.25) is 0 Å². The number of aliphatic carboxylic acids is 1. The number of hydrogen-bond acceptors (Lipinski definition) is 8. The maximum atomic E-state index is 12.5. The van der Waals surface area contributed by atoms with Crippen LogP contribution in [0.4, 0.5) is 5.69 Å². The van der Waals surface area contributed by atoms with Crippen LogP contribution in [0.2, 0.25) is 0 Å². The van der Waals surface area contributed by atoms with E-state index in [1.807, 2.05) is 19.1 Å². The van der Waals surface area contributed by atoms with Crippen molar-refractivity contribution in [3.8, 4) is 10.4 Å². The summed E-state index contributed by atoms with van der Waals surface area (Å²) in [5, 5.41) is 9.37. The molecule has 0 radical (unpaired) electrons. The standard InChI is InChI=1S/C21H22NO7S2.2Na/c1-2-22(11-5-3-4-6-19(23)24)15-8-7-14-12-16(21(25)29-17(14)13-15)18-9-10-20(30-18)31(26,27)28;;/h7-8,10,12-13H,2-6,11H2,1H3,(H,23,24)(H,26,27,28);;/q-1;2*+1/p-1. The molecule has 0 fully saturated rings. The number of carbonyl (C=O) groups is 1. The monoisotopic (exact) mass is 509 g/mol. The summed E-state index contributed by atoms with van der Waals surface area (Å²) in [6.07, 6.45) is 2.46. The fourth-order valence-corrected chi connectivity index (χ4v) is 4.77. The molecule has 0 amide bonds. The van der Waals surface area contributed by atoms with Crippen LogP contribution in [0.3, 0.4) is 0 Å². The molecule has 0 atom stereocenters. The van der Waals surface area contributed by atoms with Crippen molar-refractivity contribution in [1.29, 1.82) is 0 Å². The van der Waals surface area contributed by atoms with Gasteiger partial charge in [0.15, 0.2) is 0 Å². The minimum atomic E-state index is -4.61. The van der Waals surface area contributed by atoms with Gasteiger partial charge in [0.05, 0.1) is 10.1 Å². The van der Waals surface area contributed by atoms with Crippen molar-refractivity contribution in [1.82, 2.24) is 0 Å². The molecule has 8 nitrogen and oxygen atoms in total. The molecule has 0 aliphatic heterocycles. The van der Waals surface area contributed by atoms with Crippen molar-refractivity contribution >= 4 is 44.1 Å². The summed E-state index contributed by atoms with van der Waals surface area (Å²) in [6, 6.07) is 10.8. The molecular formula is C21H21NNa2O7S2. The number of hydrogen-bond donors (Lipinski definition) is 1. The Hall–Kier alpha value is -0.690. The Kier molecular flexibility index (Phi) is 12.3. The summed E-state index contributed by atoms with van der Waals surface area (Å²) in [5.41, 5.74) is 0.774. The first kappa shape index (κ1) is 30.3. The van der Waals surface area contributed by atoms with Crippen molar-refractivity contribution in [3.63, 3.8) is 0 Å². The van der Waals surface area contributed by atoms with Crippen LogP contribution in [0.15, 0.2) is 43.8 Å². The zero-order valence-electron chi connectivity index (χ0n) is 18.8. The molecular weight excluding hydrogens is 488 g/mol. The quantitative estimate of drug-likeness (QED) is 0.106. The number of rotatable bonds is 10. The van der Waals surface area contributed by atoms with Crippen LogP contribution >= 0.6 is 11.3 Å². The van der Waals surface area contributed by atoms with Crippen LogP contribution in [0.1, 0.15) is 32.6 Å². The Bertz CT molecular complexity index is 1250. The second-order valence-corrected chi connectivity index (χ2v) is 9.61. The smallest absolute Gasteiger partial charge is 0.753 e. The van der Waals surface area contributed by atoms with Gasteiger partial charge in [-0.25, -0.2) is 19.8 Å². The predicted octanol–water partition coefficient (Wildman–Crippen LogP) is -2.29. The van der Waals surface area contributed by atoms with Crippen molar-refractivity contribution < 1.29 is 86.4 Å². The zero-order chi connectivity index (χ0) is 22.6. The van der Waals surface area contributed by atoms with E-state index in [1.165, 1.54) is 0 Å². The Morgan fingerprint density at radius 3 is 2.55 bits per heavy atom. The number of carboxylic acids is 1. The molecule has 1 aromatic carbocycles. The fourth-order valence-electron chi connectivity index (χ4n) is 3.22. The van der Waals surface area contributed by atoms with E-state index in [1.54, 1.807) is 12.1 Å². The predicted molar refractivity (Wildman–Crippen MR) is 117 cm³/mol. The second kappa shape index (κ2) is 13.4. The molecule has 166 valence electrons. The summed E-state index contributed by atoms with van der Waals surface area (Å²) in [5.74, 6) is -0.790. The maximum Gasteiger partial charge on any atom is 1.00 e. The largest absolute Gasteiger partial charge is 1.00 e. The van der Waals surface area contributed by atoms with Crippen LogP contribution < -0.4 is 69.6 Å². The van der Waals surface area contributed by atoms with Crippen molar-refractivity contribution in [2.45, 2.75) is 36.8 Å². The van der Waals surface area contributed by atoms with Gasteiger partial charge in [-0.05, 0) is 31.4 Å². The summed E-state index contributed by atoms with van der Waals surface area (Å²) in [7, 11) is -4.61. The van der Waals surface area contributed by atoms with E-state index >= 15 is 0 Å². The van der Waals surface area contributed by atoms with E-state index in [9.17, 15) is 22.6 Å². The maximum absolute atomic E-state index is 12.5. The molecule has 1 N–H and O–H groups in total. The Morgan fingerprint density at radius 2 is 1.94 bits per heavy atom. The summed E-state index contributed by atoms with van der Waals surface area (Å²) < 4.78 is 38.5. The summed E-state index contributed by atoms with van der Waals surface area (Å²) in [4.78, 5) is 25.4. The molecule has 0 saturated heterocycles. The molecule has 3 rings (SSSR count). The average Bonchev–Trinajstić information content (AvgIpc) is 3.20. The fraction of sp³-hybridized carbons (Fsp3) is 0.333. The first-order valence-corrected chi connectivity index (χ1v) is 11.9. The number of fused-ring (bicyclic) bond motifs is 1. The third kappa shape index (κ3) is 8.19. The topological polar surface area (TPSA) is 128 Å². The first-order chi connectivity index (χ1) is 14.7. The molecule has 0 aliphatic rings. The molecule has 0 bridgehead atoms. The van der Waals surface area contributed by atoms with Gasteiger partial charge in [0.25, 0.3) is 5.63 Å². The number of thiophene rings is 1. The number of nitrogens with zero attached hydrogens (tertiary/aromatic N) is 1. The van der Waals surface area contributed by atoms with E-state index in [0.29, 0.717) is 28.7 Å². The van der Waals surface area contributed by atoms with Crippen LogP contribution in [-0.2, 0) is 14.9 Å². The first-order valence-electron chi connectivity index (χ1n) is 9.71. The normalized spacial score (nSPS) is 11.0. The van der Waals surface area contributed by atoms with Crippen LogP contribution in [-0.4, -0.2) is 37.1 Å². The van der Waals surface area contributed by atoms with Crippen LogP contribution in [0.25, 0.3) is 21.4 Å². The molecule has 0 unspecified atom stereocenters. The minimum absolute atomic E-state index is 0. The van der Waals surface area contributed by atoms with Gasteiger partial charge < -0.3 is 19.0 Å². The van der Waals surface area contributed by atoms with Gasteiger partial charge in [-0.3, -0.25) is 9.59 Å². The third-order valence-corrected chi connectivity index (χ3v) is 7.13. The van der Waals surface area contributed by atoms with Crippen molar-refractivity contribution in [2.24, 2.45) is 0 Å². The summed E-state index contributed by atoms with van der Waals surface area (Å²) in [6.45, 7) is 3.50. The van der Waals surface area contributed by atoms with Gasteiger partial charge in [-0.1, -0.05) is 23.4 Å². The number of anilines is 1. The van der Waals surface area contributed by atoms with E-state index < -0.39 is 25.9 Å². The van der Waals surface area contributed by atoms with Gasteiger partial charge in [0, 0.05) is 40.9 Å². The third-order valence-electron chi connectivity index (χ3n) is 4.80. The molecule has 33 heavy (non-hydrogen) atoms. The Morgan fingerprint density at radius 1 is 1.21 bits per heavy atom. The minimum Gasteiger partial charge on any atom is -0.753 e. The van der Waals surface area contributed by atoms with Gasteiger partial charge in [-0.2, -0.15) is 6.07 Å². The van der Waals surface area contributed by atoms with Crippen LogP contribution in [0, 0.1) is 6.07 Å². The van der Waals surface area contributed by atoms with Gasteiger partial charge in [-0.15, -0.1) is 6.07 Å². The molecule has 2 aromatic heterocycles. The molecule has 0 saturated carbocycles. The zero-order valence-corrected chi connectivity index (χ0v) is 24.4. The molecule has 0 aliphatic carbocycles. The van der Waals surface area contributed by atoms with E-state index in [2.05, 4.69) is 11.0 Å². The summed E-state index contributed by atoms with van der Waals surface area (Å²) >= 11 is 0.681. The van der Waals surface area contributed by atoms with E-state index in [4.69, 9.17) is 9.52 Å². The van der Waals surface area contributed by atoms with Crippen molar-refractivity contribution in [2.75, 3.05) is 18.0 Å². The van der Waals surface area contributed by atoms with E-state index in [0.717, 1.165) is 37.7 Å².